The highest BCUT2D eigenvalue weighted by molar-refractivity contribution is 5.74. The normalized spacial score (nSPS) is 11.7. The first-order chi connectivity index (χ1) is 11.0. The highest BCUT2D eigenvalue weighted by Crippen LogP contribution is 2.12. The molecule has 1 unspecified atom stereocenters. The fraction of sp³-hybridized carbons (Fsp3) is 0.333. The number of hydrogen-bond donors (Lipinski definition) is 2. The minimum Gasteiger partial charge on any atom is -0.508 e. The number of phenols is 1. The number of nitrogens with one attached hydrogen (secondary N) is 1. The summed E-state index contributed by atoms with van der Waals surface area (Å²) in [7, 11) is 1.76. The zero-order valence-electron chi connectivity index (χ0n) is 13.6. The number of pyridine rings is 1. The fourth-order valence-electron chi connectivity index (χ4n) is 2.25. The largest absolute Gasteiger partial charge is 0.508 e. The molecule has 0 aliphatic carbocycles. The third-order valence-corrected chi connectivity index (χ3v) is 3.64. The summed E-state index contributed by atoms with van der Waals surface area (Å²) in [6.07, 6.45) is 3.42. The van der Waals surface area contributed by atoms with Crippen LogP contribution >= 0.6 is 0 Å². The molecule has 5 nitrogen and oxygen atoms in total. The van der Waals surface area contributed by atoms with E-state index in [2.05, 4.69) is 10.3 Å². The van der Waals surface area contributed by atoms with Crippen LogP contribution < -0.4 is 5.32 Å². The third-order valence-electron chi connectivity index (χ3n) is 3.64. The number of rotatable bonds is 6. The van der Waals surface area contributed by atoms with Gasteiger partial charge in [-0.2, -0.15) is 0 Å². The molecule has 122 valence electrons. The predicted molar refractivity (Wildman–Crippen MR) is 90.1 cm³/mol. The van der Waals surface area contributed by atoms with Crippen LogP contribution in [0.1, 0.15) is 24.6 Å². The number of hydrogen-bond acceptors (Lipinski definition) is 3. The molecule has 0 saturated carbocycles. The molecule has 23 heavy (non-hydrogen) atoms. The molecule has 2 amide bonds. The van der Waals surface area contributed by atoms with Crippen LogP contribution in [-0.2, 0) is 13.0 Å². The minimum atomic E-state index is -0.103. The molecule has 0 bridgehead atoms. The van der Waals surface area contributed by atoms with Crippen molar-refractivity contribution in [3.8, 4) is 5.75 Å². The van der Waals surface area contributed by atoms with E-state index in [4.69, 9.17) is 0 Å². The minimum absolute atomic E-state index is 0.0717. The molecule has 1 aromatic carbocycles. The van der Waals surface area contributed by atoms with Crippen LogP contribution in [0.5, 0.6) is 5.75 Å². The Labute approximate surface area is 137 Å². The van der Waals surface area contributed by atoms with Gasteiger partial charge in [0.05, 0.1) is 12.2 Å². The summed E-state index contributed by atoms with van der Waals surface area (Å²) in [5.74, 6) is 0.270. The van der Waals surface area contributed by atoms with E-state index in [0.717, 1.165) is 24.1 Å². The molecule has 0 spiro atoms. The van der Waals surface area contributed by atoms with E-state index in [1.807, 2.05) is 37.3 Å². The summed E-state index contributed by atoms with van der Waals surface area (Å²) < 4.78 is 0. The van der Waals surface area contributed by atoms with E-state index >= 15 is 0 Å². The Hall–Kier alpha value is -2.56. The summed E-state index contributed by atoms with van der Waals surface area (Å²) in [6, 6.07) is 12.8. The molecule has 2 aromatic rings. The van der Waals surface area contributed by atoms with E-state index in [-0.39, 0.29) is 17.8 Å². The first kappa shape index (κ1) is 16.8. The van der Waals surface area contributed by atoms with Gasteiger partial charge in [0.1, 0.15) is 5.75 Å². The Morgan fingerprint density at radius 1 is 1.26 bits per heavy atom. The summed E-state index contributed by atoms with van der Waals surface area (Å²) in [4.78, 5) is 18.0. The quantitative estimate of drug-likeness (QED) is 0.861. The maximum Gasteiger partial charge on any atom is 0.317 e. The Kier molecular flexibility index (Phi) is 5.97. The second-order valence-corrected chi connectivity index (χ2v) is 5.73. The summed E-state index contributed by atoms with van der Waals surface area (Å²) in [5.41, 5.74) is 2.01. The average Bonchev–Trinajstić information content (AvgIpc) is 2.55. The topological polar surface area (TPSA) is 65.5 Å². The number of phenolic OH excluding ortho intramolecular Hbond substituents is 1. The molecule has 1 heterocycles. The van der Waals surface area contributed by atoms with E-state index in [1.54, 1.807) is 30.3 Å². The molecule has 1 aromatic heterocycles. The van der Waals surface area contributed by atoms with Gasteiger partial charge in [0.15, 0.2) is 0 Å². The van der Waals surface area contributed by atoms with Crippen molar-refractivity contribution in [2.24, 2.45) is 0 Å². The van der Waals surface area contributed by atoms with Crippen molar-refractivity contribution in [1.82, 2.24) is 15.2 Å². The van der Waals surface area contributed by atoms with E-state index in [9.17, 15) is 9.90 Å². The molecule has 5 heteroatoms. The number of amides is 2. The molecule has 2 rings (SSSR count). The van der Waals surface area contributed by atoms with E-state index < -0.39 is 0 Å². The zero-order valence-corrected chi connectivity index (χ0v) is 13.6. The van der Waals surface area contributed by atoms with Gasteiger partial charge in [0.25, 0.3) is 0 Å². The SMILES string of the molecule is CC(CCc1ccc(O)cc1)NC(=O)N(C)Cc1ccccn1. The first-order valence-electron chi connectivity index (χ1n) is 7.74. The van der Waals surface area contributed by atoms with Crippen molar-refractivity contribution < 1.29 is 9.90 Å². The maximum absolute atomic E-state index is 12.2. The van der Waals surface area contributed by atoms with Crippen LogP contribution in [0.4, 0.5) is 4.79 Å². The molecule has 0 radical (unpaired) electrons. The first-order valence-corrected chi connectivity index (χ1v) is 7.74. The summed E-state index contributed by atoms with van der Waals surface area (Å²) >= 11 is 0. The lowest BCUT2D eigenvalue weighted by molar-refractivity contribution is 0.202. The molecule has 1 atom stereocenters. The van der Waals surface area contributed by atoms with Gasteiger partial charge in [-0.05, 0) is 49.6 Å². The number of urea groups is 1. The maximum atomic E-state index is 12.2. The lowest BCUT2D eigenvalue weighted by Gasteiger charge is -2.21. The molecule has 0 saturated heterocycles. The number of benzene rings is 1. The van der Waals surface area contributed by atoms with Crippen molar-refractivity contribution in [1.29, 1.82) is 0 Å². The summed E-state index contributed by atoms with van der Waals surface area (Å²) in [5, 5.41) is 12.3. The van der Waals surface area contributed by atoms with Crippen molar-refractivity contribution in [3.63, 3.8) is 0 Å². The van der Waals surface area contributed by atoms with E-state index in [0.29, 0.717) is 6.54 Å². The number of aryl methyl sites for hydroxylation is 1. The van der Waals surface area contributed by atoms with E-state index in [1.165, 1.54) is 0 Å². The Morgan fingerprint density at radius 3 is 2.65 bits per heavy atom. The predicted octanol–water partition coefficient (Wildman–Crippen LogP) is 2.95. The van der Waals surface area contributed by atoms with Crippen molar-refractivity contribution >= 4 is 6.03 Å². The van der Waals surface area contributed by atoms with Gasteiger partial charge < -0.3 is 15.3 Å². The van der Waals surface area contributed by atoms with Gasteiger partial charge >= 0.3 is 6.03 Å². The van der Waals surface area contributed by atoms with Crippen molar-refractivity contribution in [2.75, 3.05) is 7.05 Å². The molecule has 0 aliphatic heterocycles. The third kappa shape index (κ3) is 5.62. The second kappa shape index (κ2) is 8.17. The average molecular weight is 313 g/mol. The number of aromatic nitrogens is 1. The standard InChI is InChI=1S/C18H23N3O2/c1-14(6-7-15-8-10-17(22)11-9-15)20-18(23)21(2)13-16-5-3-4-12-19-16/h3-5,8-12,14,22H,6-7,13H2,1-2H3,(H,20,23). The number of nitrogens with zero attached hydrogens (tertiary/aromatic N) is 2. The molecule has 0 aliphatic rings. The van der Waals surface area contributed by atoms with Gasteiger partial charge in [-0.15, -0.1) is 0 Å². The number of carbonyl (C=O) groups excluding carboxylic acids is 1. The highest BCUT2D eigenvalue weighted by Gasteiger charge is 2.12. The monoisotopic (exact) mass is 313 g/mol. The van der Waals surface area contributed by atoms with Crippen molar-refractivity contribution in [3.05, 3.63) is 59.9 Å². The smallest absolute Gasteiger partial charge is 0.317 e. The molecular weight excluding hydrogens is 290 g/mol. The van der Waals surface area contributed by atoms with Crippen molar-refractivity contribution in [2.45, 2.75) is 32.4 Å². The van der Waals surface area contributed by atoms with Crippen LogP contribution in [0.3, 0.4) is 0 Å². The molecule has 2 N–H and O–H groups in total. The Balaban J connectivity index is 1.76. The van der Waals surface area contributed by atoms with Gasteiger partial charge in [0, 0.05) is 19.3 Å². The Morgan fingerprint density at radius 2 is 2.00 bits per heavy atom. The van der Waals surface area contributed by atoms with Crippen LogP contribution in [0.25, 0.3) is 0 Å². The summed E-state index contributed by atoms with van der Waals surface area (Å²) in [6.45, 7) is 2.48. The molecular formula is C18H23N3O2. The van der Waals surface area contributed by atoms with Gasteiger partial charge in [-0.1, -0.05) is 18.2 Å². The lowest BCUT2D eigenvalue weighted by Crippen LogP contribution is -2.41. The number of carbonyl (C=O) groups is 1. The van der Waals surface area contributed by atoms with Crippen LogP contribution in [0.2, 0.25) is 0 Å². The van der Waals surface area contributed by atoms with Gasteiger partial charge in [0.2, 0.25) is 0 Å². The van der Waals surface area contributed by atoms with Crippen LogP contribution in [0.15, 0.2) is 48.7 Å². The highest BCUT2D eigenvalue weighted by atomic mass is 16.3. The fourth-order valence-corrected chi connectivity index (χ4v) is 2.25. The van der Waals surface area contributed by atoms with Gasteiger partial charge in [-0.3, -0.25) is 4.98 Å². The second-order valence-electron chi connectivity index (χ2n) is 5.73. The zero-order chi connectivity index (χ0) is 16.7. The Bertz CT molecular complexity index is 614. The van der Waals surface area contributed by atoms with Gasteiger partial charge in [-0.25, -0.2) is 4.79 Å². The lowest BCUT2D eigenvalue weighted by atomic mass is 10.1. The van der Waals surface area contributed by atoms with Crippen LogP contribution in [-0.4, -0.2) is 34.1 Å². The number of aromatic hydroxyl groups is 1. The molecule has 0 fully saturated rings. The van der Waals surface area contributed by atoms with Crippen LogP contribution in [0, 0.1) is 0 Å².